The van der Waals surface area contributed by atoms with Crippen molar-refractivity contribution in [3.8, 4) is 0 Å². The van der Waals surface area contributed by atoms with Crippen LogP contribution < -0.4 is 5.32 Å². The number of rotatable bonds is 3. The van der Waals surface area contributed by atoms with E-state index in [0.717, 1.165) is 50.1 Å². The van der Waals surface area contributed by atoms with Gasteiger partial charge in [-0.2, -0.15) is 0 Å². The number of nitrogens with one attached hydrogen (secondary N) is 1. The molecule has 2 N–H and O–H groups in total. The van der Waals surface area contributed by atoms with E-state index >= 15 is 0 Å². The van der Waals surface area contributed by atoms with Crippen molar-refractivity contribution in [3.63, 3.8) is 0 Å². The Bertz CT molecular complexity index is 280. The van der Waals surface area contributed by atoms with E-state index in [0.29, 0.717) is 5.92 Å². The van der Waals surface area contributed by atoms with Crippen molar-refractivity contribution in [3.05, 3.63) is 0 Å². The van der Waals surface area contributed by atoms with Gasteiger partial charge in [-0.15, -0.1) is 0 Å². The highest BCUT2D eigenvalue weighted by atomic mass is 16.3. The van der Waals surface area contributed by atoms with Crippen LogP contribution in [0.2, 0.25) is 0 Å². The van der Waals surface area contributed by atoms with Crippen LogP contribution in [0.25, 0.3) is 0 Å². The zero-order chi connectivity index (χ0) is 11.9. The van der Waals surface area contributed by atoms with E-state index < -0.39 is 0 Å². The SMILES string of the molecule is CCC1CNCCC1(O)CC1CC2CCC1C2. The molecule has 98 valence electrons. The van der Waals surface area contributed by atoms with Crippen LogP contribution in [0.5, 0.6) is 0 Å². The van der Waals surface area contributed by atoms with Crippen LogP contribution in [0, 0.1) is 23.7 Å². The van der Waals surface area contributed by atoms with Gasteiger partial charge in [0.15, 0.2) is 0 Å². The molecule has 0 aromatic rings. The third-order valence-corrected chi connectivity index (χ3v) is 5.88. The molecule has 2 nitrogen and oxygen atoms in total. The van der Waals surface area contributed by atoms with E-state index in [9.17, 15) is 5.11 Å². The Hall–Kier alpha value is -0.0800. The standard InChI is InChI=1S/C15H27NO/c1-2-14-10-16-6-5-15(14,17)9-13-8-11-3-4-12(13)7-11/h11-14,16-17H,2-10H2,1H3. The van der Waals surface area contributed by atoms with E-state index in [1.54, 1.807) is 0 Å². The Labute approximate surface area is 105 Å². The Morgan fingerprint density at radius 3 is 2.82 bits per heavy atom. The molecule has 0 aromatic carbocycles. The normalized spacial score (nSPS) is 49.8. The lowest BCUT2D eigenvalue weighted by Gasteiger charge is -2.43. The average Bonchev–Trinajstić information content (AvgIpc) is 2.91. The van der Waals surface area contributed by atoms with Crippen molar-refractivity contribution in [1.82, 2.24) is 5.32 Å². The molecule has 2 heteroatoms. The Kier molecular flexibility index (Phi) is 3.20. The molecular formula is C15H27NO. The first-order valence-electron chi connectivity index (χ1n) is 7.64. The molecule has 2 bridgehead atoms. The molecule has 5 atom stereocenters. The molecule has 1 heterocycles. The van der Waals surface area contributed by atoms with E-state index in [2.05, 4.69) is 12.2 Å². The lowest BCUT2D eigenvalue weighted by Crippen LogP contribution is -2.51. The number of piperidine rings is 1. The maximum Gasteiger partial charge on any atom is 0.0702 e. The number of hydrogen-bond acceptors (Lipinski definition) is 2. The smallest absolute Gasteiger partial charge is 0.0702 e. The molecule has 2 aliphatic carbocycles. The summed E-state index contributed by atoms with van der Waals surface area (Å²) in [6.07, 6.45) is 8.98. The summed E-state index contributed by atoms with van der Waals surface area (Å²) in [4.78, 5) is 0. The molecular weight excluding hydrogens is 210 g/mol. The molecule has 3 fully saturated rings. The molecule has 0 radical (unpaired) electrons. The number of fused-ring (bicyclic) bond motifs is 2. The lowest BCUT2D eigenvalue weighted by molar-refractivity contribution is -0.0652. The van der Waals surface area contributed by atoms with Crippen molar-refractivity contribution in [1.29, 1.82) is 0 Å². The highest BCUT2D eigenvalue weighted by Gasteiger charge is 2.46. The van der Waals surface area contributed by atoms with Gasteiger partial charge in [-0.05, 0) is 68.7 Å². The summed E-state index contributed by atoms with van der Waals surface area (Å²) >= 11 is 0. The molecule has 3 aliphatic rings. The van der Waals surface area contributed by atoms with Gasteiger partial charge < -0.3 is 10.4 Å². The van der Waals surface area contributed by atoms with Gasteiger partial charge in [0, 0.05) is 6.54 Å². The van der Waals surface area contributed by atoms with Gasteiger partial charge >= 0.3 is 0 Å². The van der Waals surface area contributed by atoms with E-state index in [1.807, 2.05) is 0 Å². The van der Waals surface area contributed by atoms with Crippen LogP contribution in [-0.2, 0) is 0 Å². The van der Waals surface area contributed by atoms with Crippen LogP contribution in [0.3, 0.4) is 0 Å². The van der Waals surface area contributed by atoms with Crippen LogP contribution in [0.4, 0.5) is 0 Å². The molecule has 1 aliphatic heterocycles. The highest BCUT2D eigenvalue weighted by Crippen LogP contribution is 2.52. The first kappa shape index (κ1) is 12.0. The predicted octanol–water partition coefficient (Wildman–Crippen LogP) is 2.56. The first-order chi connectivity index (χ1) is 8.21. The van der Waals surface area contributed by atoms with Crippen molar-refractivity contribution >= 4 is 0 Å². The Balaban J connectivity index is 1.66. The summed E-state index contributed by atoms with van der Waals surface area (Å²) in [6.45, 7) is 4.26. The van der Waals surface area contributed by atoms with Crippen LogP contribution >= 0.6 is 0 Å². The summed E-state index contributed by atoms with van der Waals surface area (Å²) in [5.74, 6) is 3.29. The van der Waals surface area contributed by atoms with Crippen molar-refractivity contribution in [2.45, 2.75) is 57.5 Å². The Morgan fingerprint density at radius 2 is 2.18 bits per heavy atom. The minimum atomic E-state index is -0.352. The molecule has 0 aromatic heterocycles. The zero-order valence-corrected chi connectivity index (χ0v) is 11.1. The van der Waals surface area contributed by atoms with Gasteiger partial charge in [0.2, 0.25) is 0 Å². The summed E-state index contributed by atoms with van der Waals surface area (Å²) in [5, 5.41) is 14.4. The second-order valence-corrected chi connectivity index (χ2v) is 6.80. The van der Waals surface area contributed by atoms with Crippen molar-refractivity contribution in [2.24, 2.45) is 23.7 Å². The van der Waals surface area contributed by atoms with Gasteiger partial charge in [0.1, 0.15) is 0 Å². The number of hydrogen-bond donors (Lipinski definition) is 2. The third kappa shape index (κ3) is 2.15. The molecule has 2 saturated carbocycles. The van der Waals surface area contributed by atoms with Gasteiger partial charge in [-0.3, -0.25) is 0 Å². The third-order valence-electron chi connectivity index (χ3n) is 5.88. The van der Waals surface area contributed by atoms with Crippen LogP contribution in [0.1, 0.15) is 51.9 Å². The monoisotopic (exact) mass is 237 g/mol. The Morgan fingerprint density at radius 1 is 1.29 bits per heavy atom. The minimum Gasteiger partial charge on any atom is -0.389 e. The van der Waals surface area contributed by atoms with E-state index in [1.165, 1.54) is 25.7 Å². The fourth-order valence-electron chi connectivity index (χ4n) is 4.85. The molecule has 3 rings (SSSR count). The summed E-state index contributed by atoms with van der Waals surface area (Å²) in [6, 6.07) is 0. The quantitative estimate of drug-likeness (QED) is 0.790. The first-order valence-corrected chi connectivity index (χ1v) is 7.64. The van der Waals surface area contributed by atoms with Crippen molar-refractivity contribution < 1.29 is 5.11 Å². The average molecular weight is 237 g/mol. The fraction of sp³-hybridized carbons (Fsp3) is 1.00. The zero-order valence-electron chi connectivity index (χ0n) is 11.1. The topological polar surface area (TPSA) is 32.3 Å². The van der Waals surface area contributed by atoms with Gasteiger partial charge in [-0.1, -0.05) is 13.3 Å². The van der Waals surface area contributed by atoms with Crippen molar-refractivity contribution in [2.75, 3.05) is 13.1 Å². The molecule has 0 amide bonds. The van der Waals surface area contributed by atoms with E-state index in [-0.39, 0.29) is 5.60 Å². The summed E-state index contributed by atoms with van der Waals surface area (Å²) in [5.41, 5.74) is -0.352. The molecule has 0 spiro atoms. The van der Waals surface area contributed by atoms with Gasteiger partial charge in [-0.25, -0.2) is 0 Å². The summed E-state index contributed by atoms with van der Waals surface area (Å²) in [7, 11) is 0. The van der Waals surface area contributed by atoms with Gasteiger partial charge in [0.05, 0.1) is 5.60 Å². The second kappa shape index (κ2) is 4.55. The lowest BCUT2D eigenvalue weighted by atomic mass is 9.71. The van der Waals surface area contributed by atoms with Gasteiger partial charge in [0.25, 0.3) is 0 Å². The maximum absolute atomic E-state index is 11.0. The number of aliphatic hydroxyl groups is 1. The highest BCUT2D eigenvalue weighted by molar-refractivity contribution is 4.98. The van der Waals surface area contributed by atoms with Crippen LogP contribution in [-0.4, -0.2) is 23.8 Å². The summed E-state index contributed by atoms with van der Waals surface area (Å²) < 4.78 is 0. The predicted molar refractivity (Wildman–Crippen MR) is 69.8 cm³/mol. The molecule has 1 saturated heterocycles. The van der Waals surface area contributed by atoms with Crippen LogP contribution in [0.15, 0.2) is 0 Å². The fourth-order valence-corrected chi connectivity index (χ4v) is 4.85. The minimum absolute atomic E-state index is 0.352. The largest absolute Gasteiger partial charge is 0.389 e. The second-order valence-electron chi connectivity index (χ2n) is 6.80. The molecule has 17 heavy (non-hydrogen) atoms. The van der Waals surface area contributed by atoms with E-state index in [4.69, 9.17) is 0 Å². The maximum atomic E-state index is 11.0. The molecule has 5 unspecified atom stereocenters.